The molecule has 0 radical (unpaired) electrons. The van der Waals surface area contributed by atoms with Crippen LogP contribution < -0.4 is 9.47 Å². The molecule has 0 bridgehead atoms. The quantitative estimate of drug-likeness (QED) is 0.686. The molecular formula is C25H30ClN3O3. The number of halogens is 1. The van der Waals surface area contributed by atoms with Crippen LogP contribution in [0.5, 0.6) is 11.5 Å². The van der Waals surface area contributed by atoms with Gasteiger partial charge >= 0.3 is 0 Å². The van der Waals surface area contributed by atoms with E-state index in [1.165, 1.54) is 5.56 Å². The molecule has 0 N–H and O–H groups in total. The molecule has 3 aliphatic heterocycles. The van der Waals surface area contributed by atoms with Crippen LogP contribution in [0.15, 0.2) is 42.5 Å². The number of likely N-dealkylation sites (tertiary alicyclic amines) is 1. The van der Waals surface area contributed by atoms with Gasteiger partial charge in [-0.3, -0.25) is 14.6 Å². The van der Waals surface area contributed by atoms with Crippen LogP contribution in [0, 0.1) is 0 Å². The molecule has 0 spiro atoms. The fraction of sp³-hybridized carbons (Fsp3) is 0.480. The summed E-state index contributed by atoms with van der Waals surface area (Å²) in [6.45, 7) is 6.84. The topological polar surface area (TPSA) is 45.3 Å². The molecule has 0 aromatic heterocycles. The fourth-order valence-electron chi connectivity index (χ4n) is 4.97. The molecule has 0 saturated carbocycles. The summed E-state index contributed by atoms with van der Waals surface area (Å²) in [4.78, 5) is 19.8. The van der Waals surface area contributed by atoms with Gasteiger partial charge in [0.15, 0.2) is 11.5 Å². The standard InChI is InChI=1S/C25H30ClN3O3/c26-22-4-2-1-3-20(22)17-29-10-9-21(6-8-25(29)30)28-13-11-27(12-14-28)16-19-5-7-23-24(15-19)32-18-31-23/h1-5,7,15,21H,6,8-14,16-18H2/t21-/m1/s1. The van der Waals surface area contributed by atoms with Gasteiger partial charge in [-0.05, 0) is 42.2 Å². The zero-order chi connectivity index (χ0) is 21.9. The summed E-state index contributed by atoms with van der Waals surface area (Å²) in [5.74, 6) is 1.93. The number of nitrogens with zero attached hydrogens (tertiary/aromatic N) is 3. The minimum absolute atomic E-state index is 0.244. The second kappa shape index (κ2) is 9.69. The average Bonchev–Trinajstić information content (AvgIpc) is 3.20. The molecule has 1 amide bonds. The van der Waals surface area contributed by atoms with Crippen LogP contribution in [-0.4, -0.2) is 66.2 Å². The van der Waals surface area contributed by atoms with Gasteiger partial charge in [0, 0.05) is 63.3 Å². The van der Waals surface area contributed by atoms with E-state index in [0.29, 0.717) is 25.8 Å². The van der Waals surface area contributed by atoms with E-state index < -0.39 is 0 Å². The van der Waals surface area contributed by atoms with Crippen molar-refractivity contribution in [3.63, 3.8) is 0 Å². The van der Waals surface area contributed by atoms with Crippen LogP contribution in [0.3, 0.4) is 0 Å². The lowest BCUT2D eigenvalue weighted by Crippen LogP contribution is -2.50. The van der Waals surface area contributed by atoms with Crippen LogP contribution >= 0.6 is 11.6 Å². The van der Waals surface area contributed by atoms with E-state index in [-0.39, 0.29) is 5.91 Å². The van der Waals surface area contributed by atoms with Crippen molar-refractivity contribution in [2.24, 2.45) is 0 Å². The maximum Gasteiger partial charge on any atom is 0.231 e. The minimum Gasteiger partial charge on any atom is -0.454 e. The highest BCUT2D eigenvalue weighted by atomic mass is 35.5. The van der Waals surface area contributed by atoms with E-state index in [0.717, 1.165) is 74.2 Å². The van der Waals surface area contributed by atoms with Gasteiger partial charge in [0.05, 0.1) is 0 Å². The van der Waals surface area contributed by atoms with Crippen molar-refractivity contribution in [1.29, 1.82) is 0 Å². The molecule has 7 heteroatoms. The predicted octanol–water partition coefficient (Wildman–Crippen LogP) is 3.77. The Morgan fingerprint density at radius 2 is 1.72 bits per heavy atom. The number of hydrogen-bond acceptors (Lipinski definition) is 5. The first-order valence-electron chi connectivity index (χ1n) is 11.5. The Bertz CT molecular complexity index is 961. The van der Waals surface area contributed by atoms with Crippen LogP contribution in [-0.2, 0) is 17.9 Å². The summed E-state index contributed by atoms with van der Waals surface area (Å²) in [7, 11) is 0. The summed E-state index contributed by atoms with van der Waals surface area (Å²) in [6.07, 6.45) is 2.59. The predicted molar refractivity (Wildman–Crippen MR) is 124 cm³/mol. The molecule has 170 valence electrons. The molecule has 3 aliphatic rings. The number of fused-ring (bicyclic) bond motifs is 1. The number of hydrogen-bond donors (Lipinski definition) is 0. The van der Waals surface area contributed by atoms with Gasteiger partial charge < -0.3 is 14.4 Å². The van der Waals surface area contributed by atoms with Gasteiger partial charge in [0.2, 0.25) is 12.7 Å². The van der Waals surface area contributed by atoms with Crippen molar-refractivity contribution in [1.82, 2.24) is 14.7 Å². The van der Waals surface area contributed by atoms with Crippen molar-refractivity contribution in [2.45, 2.75) is 38.4 Å². The van der Waals surface area contributed by atoms with Crippen LogP contribution in [0.2, 0.25) is 5.02 Å². The highest BCUT2D eigenvalue weighted by Crippen LogP contribution is 2.33. The summed E-state index contributed by atoms with van der Waals surface area (Å²) in [6, 6.07) is 14.5. The van der Waals surface area contributed by atoms with E-state index in [9.17, 15) is 4.79 Å². The van der Waals surface area contributed by atoms with Crippen molar-refractivity contribution in [2.75, 3.05) is 39.5 Å². The molecule has 2 aromatic rings. The molecule has 2 aromatic carbocycles. The maximum absolute atomic E-state index is 12.7. The van der Waals surface area contributed by atoms with Crippen LogP contribution in [0.1, 0.15) is 30.4 Å². The van der Waals surface area contributed by atoms with Crippen molar-refractivity contribution in [3.05, 3.63) is 58.6 Å². The SMILES string of the molecule is O=C1CC[C@@H](N2CCN(Cc3ccc4c(c3)OCO4)CC2)CCN1Cc1ccccc1Cl. The molecule has 0 unspecified atom stereocenters. The average molecular weight is 456 g/mol. The molecule has 6 nitrogen and oxygen atoms in total. The lowest BCUT2D eigenvalue weighted by molar-refractivity contribution is -0.131. The van der Waals surface area contributed by atoms with E-state index in [4.69, 9.17) is 21.1 Å². The van der Waals surface area contributed by atoms with Gasteiger partial charge in [-0.25, -0.2) is 0 Å². The fourth-order valence-corrected chi connectivity index (χ4v) is 5.17. The van der Waals surface area contributed by atoms with E-state index in [2.05, 4.69) is 21.9 Å². The monoisotopic (exact) mass is 455 g/mol. The Morgan fingerprint density at radius 1 is 0.906 bits per heavy atom. The third kappa shape index (κ3) is 4.87. The van der Waals surface area contributed by atoms with Gasteiger partial charge in [0.1, 0.15) is 0 Å². The first kappa shape index (κ1) is 21.6. The van der Waals surface area contributed by atoms with Gasteiger partial charge in [-0.1, -0.05) is 35.9 Å². The number of carbonyl (C=O) groups excluding carboxylic acids is 1. The number of amides is 1. The Kier molecular flexibility index (Phi) is 6.53. The summed E-state index contributed by atoms with van der Waals surface area (Å²) < 4.78 is 10.9. The van der Waals surface area contributed by atoms with E-state index in [1.54, 1.807) is 0 Å². The first-order chi connectivity index (χ1) is 15.7. The van der Waals surface area contributed by atoms with E-state index in [1.807, 2.05) is 35.2 Å². The lowest BCUT2D eigenvalue weighted by Gasteiger charge is -2.39. The summed E-state index contributed by atoms with van der Waals surface area (Å²) in [5.41, 5.74) is 2.29. The third-order valence-corrected chi connectivity index (χ3v) is 7.23. The Labute approximate surface area is 194 Å². The Balaban J connectivity index is 1.12. The number of carbonyl (C=O) groups is 1. The molecule has 0 aliphatic carbocycles. The molecule has 5 rings (SSSR count). The first-order valence-corrected chi connectivity index (χ1v) is 11.9. The maximum atomic E-state index is 12.7. The smallest absolute Gasteiger partial charge is 0.231 e. The number of benzene rings is 2. The molecule has 32 heavy (non-hydrogen) atoms. The number of piperazine rings is 1. The molecule has 3 heterocycles. The summed E-state index contributed by atoms with van der Waals surface area (Å²) >= 11 is 6.32. The lowest BCUT2D eigenvalue weighted by atomic mass is 10.1. The van der Waals surface area contributed by atoms with Gasteiger partial charge in [0.25, 0.3) is 0 Å². The van der Waals surface area contributed by atoms with Crippen molar-refractivity contribution < 1.29 is 14.3 Å². The van der Waals surface area contributed by atoms with Crippen molar-refractivity contribution >= 4 is 17.5 Å². The highest BCUT2D eigenvalue weighted by molar-refractivity contribution is 6.31. The van der Waals surface area contributed by atoms with Crippen LogP contribution in [0.25, 0.3) is 0 Å². The zero-order valence-corrected chi connectivity index (χ0v) is 19.1. The third-order valence-electron chi connectivity index (χ3n) is 6.86. The Morgan fingerprint density at radius 3 is 2.56 bits per heavy atom. The zero-order valence-electron chi connectivity index (χ0n) is 18.3. The van der Waals surface area contributed by atoms with Crippen LogP contribution in [0.4, 0.5) is 0 Å². The molecule has 1 atom stereocenters. The van der Waals surface area contributed by atoms with Gasteiger partial charge in [-0.15, -0.1) is 0 Å². The number of ether oxygens (including phenoxy) is 2. The Hall–Kier alpha value is -2.28. The van der Waals surface area contributed by atoms with Gasteiger partial charge in [-0.2, -0.15) is 0 Å². The second-order valence-electron chi connectivity index (χ2n) is 8.89. The minimum atomic E-state index is 0.244. The van der Waals surface area contributed by atoms with E-state index >= 15 is 0 Å². The molecule has 2 fully saturated rings. The largest absolute Gasteiger partial charge is 0.454 e. The highest BCUT2D eigenvalue weighted by Gasteiger charge is 2.29. The van der Waals surface area contributed by atoms with Crippen molar-refractivity contribution in [3.8, 4) is 11.5 Å². The molecular weight excluding hydrogens is 426 g/mol. The molecule has 2 saturated heterocycles. The number of rotatable bonds is 5. The normalized spacial score (nSPS) is 22.2. The second-order valence-corrected chi connectivity index (χ2v) is 9.29. The summed E-state index contributed by atoms with van der Waals surface area (Å²) in [5, 5.41) is 0.736.